The molecule has 0 aliphatic heterocycles. The van der Waals surface area contributed by atoms with Crippen molar-refractivity contribution in [3.63, 3.8) is 0 Å². The average Bonchev–Trinajstić information content (AvgIpc) is 2.70. The molecule has 26 heavy (non-hydrogen) atoms. The maximum absolute atomic E-state index is 12.2. The fourth-order valence-electron chi connectivity index (χ4n) is 6.69. The first-order valence-corrected chi connectivity index (χ1v) is 12.0. The first-order valence-electron chi connectivity index (χ1n) is 12.0. The largest absolute Gasteiger partial charge is 0.247 e. The third-order valence-electron chi connectivity index (χ3n) is 8.35. The molecular formula is C25H43F. The molecule has 0 saturated heterocycles. The van der Waals surface area contributed by atoms with E-state index in [1.807, 2.05) is 0 Å². The van der Waals surface area contributed by atoms with Gasteiger partial charge in [-0.05, 0) is 106 Å². The fraction of sp³-hybridized carbons (Fsp3) is 0.920. The minimum Gasteiger partial charge on any atom is -0.247 e. The molecule has 3 aliphatic rings. The average molecular weight is 363 g/mol. The Morgan fingerprint density at radius 2 is 1.04 bits per heavy atom. The smallest absolute Gasteiger partial charge is 0.108 e. The third-order valence-corrected chi connectivity index (χ3v) is 8.35. The van der Waals surface area contributed by atoms with Crippen molar-refractivity contribution < 1.29 is 4.39 Å². The van der Waals surface area contributed by atoms with E-state index in [4.69, 9.17) is 0 Å². The molecule has 0 radical (unpaired) electrons. The van der Waals surface area contributed by atoms with Crippen LogP contribution in [0.2, 0.25) is 0 Å². The van der Waals surface area contributed by atoms with Crippen molar-refractivity contribution in [1.29, 1.82) is 0 Å². The van der Waals surface area contributed by atoms with Crippen LogP contribution in [0.3, 0.4) is 0 Å². The molecule has 0 spiro atoms. The monoisotopic (exact) mass is 362 g/mol. The summed E-state index contributed by atoms with van der Waals surface area (Å²) >= 11 is 0. The van der Waals surface area contributed by atoms with Crippen LogP contribution >= 0.6 is 0 Å². The van der Waals surface area contributed by atoms with Crippen LogP contribution in [0.4, 0.5) is 4.39 Å². The predicted molar refractivity (Wildman–Crippen MR) is 111 cm³/mol. The van der Waals surface area contributed by atoms with Gasteiger partial charge in [0.05, 0.1) is 0 Å². The number of allylic oxidation sites excluding steroid dienone is 2. The van der Waals surface area contributed by atoms with Crippen molar-refractivity contribution in [2.45, 2.75) is 103 Å². The van der Waals surface area contributed by atoms with Crippen molar-refractivity contribution in [3.05, 3.63) is 12.2 Å². The van der Waals surface area contributed by atoms with Gasteiger partial charge in [0.2, 0.25) is 0 Å². The summed E-state index contributed by atoms with van der Waals surface area (Å²) in [5.41, 5.74) is 0. The molecule has 3 saturated carbocycles. The summed E-state index contributed by atoms with van der Waals surface area (Å²) in [6, 6.07) is 0. The van der Waals surface area contributed by atoms with Gasteiger partial charge in [-0.15, -0.1) is 0 Å². The molecule has 0 heterocycles. The summed E-state index contributed by atoms with van der Waals surface area (Å²) in [7, 11) is 0. The van der Waals surface area contributed by atoms with Crippen LogP contribution < -0.4 is 0 Å². The summed E-state index contributed by atoms with van der Waals surface area (Å²) in [5.74, 6) is 6.08. The zero-order valence-electron chi connectivity index (χ0n) is 17.3. The van der Waals surface area contributed by atoms with Crippen molar-refractivity contribution in [3.8, 4) is 0 Å². The van der Waals surface area contributed by atoms with E-state index < -0.39 is 0 Å². The van der Waals surface area contributed by atoms with Gasteiger partial charge in [0.1, 0.15) is 6.67 Å². The molecule has 0 unspecified atom stereocenters. The number of alkyl halides is 1. The predicted octanol–water partition coefficient (Wildman–Crippen LogP) is 8.12. The highest BCUT2D eigenvalue weighted by Gasteiger charge is 2.34. The Balaban J connectivity index is 1.34. The molecular weight excluding hydrogens is 319 g/mol. The molecule has 150 valence electrons. The molecule has 0 aromatic heterocycles. The summed E-state index contributed by atoms with van der Waals surface area (Å²) in [6.45, 7) is 2.06. The Labute approximate surface area is 162 Å². The Hall–Kier alpha value is -0.330. The van der Waals surface area contributed by atoms with Crippen molar-refractivity contribution >= 4 is 0 Å². The quantitative estimate of drug-likeness (QED) is 0.401. The summed E-state index contributed by atoms with van der Waals surface area (Å²) in [5, 5.41) is 0. The molecule has 3 fully saturated rings. The van der Waals surface area contributed by atoms with E-state index in [1.165, 1.54) is 89.9 Å². The van der Waals surface area contributed by atoms with Gasteiger partial charge in [0.25, 0.3) is 0 Å². The SMILES string of the molecule is CCCC1CCC(C2CCC(C3CCC(C/C=C/CF)CC3)CC2)CC1. The van der Waals surface area contributed by atoms with Crippen LogP contribution in [0.25, 0.3) is 0 Å². The molecule has 0 bridgehead atoms. The van der Waals surface area contributed by atoms with Crippen molar-refractivity contribution in [2.75, 3.05) is 6.67 Å². The van der Waals surface area contributed by atoms with E-state index in [-0.39, 0.29) is 6.67 Å². The molecule has 0 aromatic carbocycles. The van der Waals surface area contributed by atoms with E-state index in [0.717, 1.165) is 41.9 Å². The Bertz CT molecular complexity index is 390. The number of hydrogen-bond acceptors (Lipinski definition) is 0. The van der Waals surface area contributed by atoms with E-state index in [9.17, 15) is 4.39 Å². The number of hydrogen-bond donors (Lipinski definition) is 0. The van der Waals surface area contributed by atoms with E-state index in [1.54, 1.807) is 6.08 Å². The molecule has 0 N–H and O–H groups in total. The Morgan fingerprint density at radius 3 is 1.46 bits per heavy atom. The van der Waals surface area contributed by atoms with Crippen LogP contribution in [-0.4, -0.2) is 6.67 Å². The maximum Gasteiger partial charge on any atom is 0.108 e. The van der Waals surface area contributed by atoms with Crippen molar-refractivity contribution in [1.82, 2.24) is 0 Å². The van der Waals surface area contributed by atoms with Gasteiger partial charge in [-0.25, -0.2) is 4.39 Å². The van der Waals surface area contributed by atoms with Gasteiger partial charge < -0.3 is 0 Å². The van der Waals surface area contributed by atoms with Crippen LogP contribution in [0, 0.1) is 35.5 Å². The fourth-order valence-corrected chi connectivity index (χ4v) is 6.69. The molecule has 1 heteroatoms. The van der Waals surface area contributed by atoms with Gasteiger partial charge in [0.15, 0.2) is 0 Å². The van der Waals surface area contributed by atoms with Crippen LogP contribution in [0.5, 0.6) is 0 Å². The van der Waals surface area contributed by atoms with E-state index in [2.05, 4.69) is 13.0 Å². The van der Waals surface area contributed by atoms with Crippen LogP contribution in [-0.2, 0) is 0 Å². The minimum atomic E-state index is -0.293. The highest BCUT2D eigenvalue weighted by atomic mass is 19.1. The van der Waals surface area contributed by atoms with Gasteiger partial charge in [-0.2, -0.15) is 0 Å². The van der Waals surface area contributed by atoms with E-state index >= 15 is 0 Å². The lowest BCUT2D eigenvalue weighted by atomic mass is 9.64. The highest BCUT2D eigenvalue weighted by Crippen LogP contribution is 2.46. The zero-order valence-corrected chi connectivity index (χ0v) is 17.3. The van der Waals surface area contributed by atoms with Gasteiger partial charge >= 0.3 is 0 Å². The summed E-state index contributed by atoms with van der Waals surface area (Å²) in [6.07, 6.45) is 25.7. The standard InChI is InChI=1S/C25H43F/c1-2-5-20-7-11-22(12-8-20)24-15-17-25(18-16-24)23-13-9-21(10-14-23)6-3-4-19-26/h3-4,20-25H,2,5-19H2,1H3/b4-3+. The van der Waals surface area contributed by atoms with Gasteiger partial charge in [0, 0.05) is 0 Å². The second kappa shape index (κ2) is 10.9. The first-order chi connectivity index (χ1) is 12.8. The number of rotatable bonds is 7. The van der Waals surface area contributed by atoms with Crippen LogP contribution in [0.1, 0.15) is 103 Å². The van der Waals surface area contributed by atoms with Gasteiger partial charge in [-0.1, -0.05) is 44.8 Å². The normalized spacial score (nSPS) is 39.3. The lowest BCUT2D eigenvalue weighted by Gasteiger charge is -2.41. The lowest BCUT2D eigenvalue weighted by molar-refractivity contribution is 0.104. The molecule has 3 aliphatic carbocycles. The number of halogens is 1. The second-order valence-electron chi connectivity index (χ2n) is 9.89. The first kappa shape index (κ1) is 20.4. The highest BCUT2D eigenvalue weighted by molar-refractivity contribution is 4.88. The maximum atomic E-state index is 12.2. The zero-order chi connectivity index (χ0) is 18.2. The summed E-state index contributed by atoms with van der Waals surface area (Å²) < 4.78 is 12.2. The molecule has 0 aromatic rings. The Kier molecular flexibility index (Phi) is 8.53. The topological polar surface area (TPSA) is 0 Å². The Morgan fingerprint density at radius 1 is 0.615 bits per heavy atom. The minimum absolute atomic E-state index is 0.293. The molecule has 0 nitrogen and oxygen atoms in total. The third kappa shape index (κ3) is 5.83. The van der Waals surface area contributed by atoms with Crippen molar-refractivity contribution in [2.24, 2.45) is 35.5 Å². The molecule has 0 atom stereocenters. The van der Waals surface area contributed by atoms with Crippen LogP contribution in [0.15, 0.2) is 12.2 Å². The van der Waals surface area contributed by atoms with Gasteiger partial charge in [-0.3, -0.25) is 0 Å². The molecule has 0 amide bonds. The second-order valence-corrected chi connectivity index (χ2v) is 9.89. The summed E-state index contributed by atoms with van der Waals surface area (Å²) in [4.78, 5) is 0. The van der Waals surface area contributed by atoms with E-state index in [0.29, 0.717) is 0 Å². The lowest BCUT2D eigenvalue weighted by Crippen LogP contribution is -2.29. The molecule has 3 rings (SSSR count).